The number of aromatic nitrogens is 2. The largest absolute Gasteiger partial charge is 0.426 e. The maximum Gasteiger partial charge on any atom is 0.402 e. The molecule has 0 radical (unpaired) electrons. The average molecular weight is 428 g/mol. The Morgan fingerprint density at radius 3 is 2.93 bits per heavy atom. The highest BCUT2D eigenvalue weighted by Gasteiger charge is 2.47. The van der Waals surface area contributed by atoms with Crippen LogP contribution in [0.15, 0.2) is 34.0 Å². The van der Waals surface area contributed by atoms with Crippen LogP contribution < -0.4 is 15.8 Å². The lowest BCUT2D eigenvalue weighted by atomic mass is 10.1. The van der Waals surface area contributed by atoms with Crippen LogP contribution >= 0.6 is 8.60 Å². The number of nitrogens with zero attached hydrogens (tertiary/aromatic N) is 1. The van der Waals surface area contributed by atoms with Crippen molar-refractivity contribution in [3.8, 4) is 5.75 Å². The Hall–Kier alpha value is -2.14. The highest BCUT2D eigenvalue weighted by Crippen LogP contribution is 2.50. The smallest absolute Gasteiger partial charge is 0.402 e. The molecular formula is C17H18FN2O8P. The standard InChI is InChI=1S/C17H18FN2O8P/c1-9-2-3-12-10(6-9)8-25-29(27-12)28-17(23,24)13-4-5-14(26-13)20-7-11(18)15(21)19-16(20)22/h2-3,6-7,13-14,23-24H,4-5,8H2,1H3,(H,19,21,22). The zero-order valence-electron chi connectivity index (χ0n) is 15.2. The number of aryl methyl sites for hydroxylation is 1. The Kier molecular flexibility index (Phi) is 5.28. The van der Waals surface area contributed by atoms with Crippen molar-refractivity contribution >= 4 is 8.60 Å². The van der Waals surface area contributed by atoms with Crippen molar-refractivity contribution in [1.29, 1.82) is 0 Å². The van der Waals surface area contributed by atoms with E-state index in [0.29, 0.717) is 11.9 Å². The molecule has 0 aliphatic carbocycles. The molecule has 0 amide bonds. The van der Waals surface area contributed by atoms with Gasteiger partial charge in [-0.15, -0.1) is 0 Å². The second-order valence-corrected chi connectivity index (χ2v) is 7.82. The minimum Gasteiger partial charge on any atom is -0.426 e. The highest BCUT2D eigenvalue weighted by atomic mass is 31.2. The molecule has 2 aliphatic rings. The number of halogens is 1. The number of aliphatic hydroxyl groups is 2. The van der Waals surface area contributed by atoms with Gasteiger partial charge < -0.3 is 19.5 Å². The fourth-order valence-corrected chi connectivity index (χ4v) is 4.19. The summed E-state index contributed by atoms with van der Waals surface area (Å²) in [5.41, 5.74) is -0.182. The summed E-state index contributed by atoms with van der Waals surface area (Å²) in [6.45, 7) is 2.10. The monoisotopic (exact) mass is 428 g/mol. The lowest BCUT2D eigenvalue weighted by Crippen LogP contribution is -2.44. The Labute approximate surface area is 164 Å². The van der Waals surface area contributed by atoms with Crippen molar-refractivity contribution in [3.05, 3.63) is 62.2 Å². The van der Waals surface area contributed by atoms with E-state index in [1.807, 2.05) is 24.0 Å². The number of aromatic amines is 1. The number of H-pyrrole nitrogens is 1. The first-order valence-electron chi connectivity index (χ1n) is 8.74. The number of rotatable bonds is 4. The fourth-order valence-electron chi connectivity index (χ4n) is 3.13. The number of hydrogen-bond donors (Lipinski definition) is 3. The van der Waals surface area contributed by atoms with Crippen LogP contribution in [0.2, 0.25) is 0 Å². The summed E-state index contributed by atoms with van der Waals surface area (Å²) in [4.78, 5) is 24.8. The maximum absolute atomic E-state index is 13.5. The van der Waals surface area contributed by atoms with E-state index in [4.69, 9.17) is 18.3 Å². The molecule has 1 saturated heterocycles. The summed E-state index contributed by atoms with van der Waals surface area (Å²) >= 11 is 0. The highest BCUT2D eigenvalue weighted by molar-refractivity contribution is 7.42. The van der Waals surface area contributed by atoms with E-state index in [1.165, 1.54) is 0 Å². The van der Waals surface area contributed by atoms with Gasteiger partial charge in [0.05, 0.1) is 12.8 Å². The summed E-state index contributed by atoms with van der Waals surface area (Å²) in [5, 5.41) is 20.7. The molecule has 0 bridgehead atoms. The lowest BCUT2D eigenvalue weighted by molar-refractivity contribution is -0.346. The van der Waals surface area contributed by atoms with Crippen LogP contribution in [0.5, 0.6) is 5.75 Å². The van der Waals surface area contributed by atoms with Crippen molar-refractivity contribution in [1.82, 2.24) is 9.55 Å². The molecule has 1 aromatic carbocycles. The third kappa shape index (κ3) is 4.11. The molecule has 1 fully saturated rings. The molecule has 2 aromatic rings. The quantitative estimate of drug-likeness (QED) is 0.488. The first-order valence-corrected chi connectivity index (χ1v) is 9.83. The minimum atomic E-state index is -2.77. The number of ether oxygens (including phenoxy) is 1. The van der Waals surface area contributed by atoms with Crippen LogP contribution in [-0.4, -0.2) is 31.8 Å². The molecule has 1 aromatic heterocycles. The molecule has 29 heavy (non-hydrogen) atoms. The van der Waals surface area contributed by atoms with Gasteiger partial charge in [-0.05, 0) is 25.8 Å². The van der Waals surface area contributed by atoms with Gasteiger partial charge in [-0.1, -0.05) is 17.7 Å². The molecule has 10 nitrogen and oxygen atoms in total. The van der Waals surface area contributed by atoms with Gasteiger partial charge >= 0.3 is 20.3 Å². The third-order valence-corrected chi connectivity index (χ3v) is 5.68. The van der Waals surface area contributed by atoms with Gasteiger partial charge in [0.2, 0.25) is 5.82 Å². The van der Waals surface area contributed by atoms with E-state index in [-0.39, 0.29) is 19.4 Å². The van der Waals surface area contributed by atoms with Crippen LogP contribution in [0.3, 0.4) is 0 Å². The molecule has 12 heteroatoms. The molecule has 3 unspecified atom stereocenters. The van der Waals surface area contributed by atoms with Crippen molar-refractivity contribution in [2.45, 2.75) is 44.7 Å². The third-order valence-electron chi connectivity index (χ3n) is 4.57. The van der Waals surface area contributed by atoms with Gasteiger partial charge in [-0.3, -0.25) is 18.9 Å². The second kappa shape index (κ2) is 7.60. The van der Waals surface area contributed by atoms with Crippen LogP contribution in [0.1, 0.15) is 30.2 Å². The molecule has 156 valence electrons. The van der Waals surface area contributed by atoms with Gasteiger partial charge in [0, 0.05) is 5.56 Å². The minimum absolute atomic E-state index is 0.0871. The van der Waals surface area contributed by atoms with Gasteiger partial charge in [0.25, 0.3) is 5.56 Å². The van der Waals surface area contributed by atoms with E-state index in [2.05, 4.69) is 0 Å². The fraction of sp³-hybridized carbons (Fsp3) is 0.412. The first kappa shape index (κ1) is 20.1. The summed E-state index contributed by atoms with van der Waals surface area (Å²) in [6.07, 6.45) is -1.32. The van der Waals surface area contributed by atoms with Gasteiger partial charge in [0.1, 0.15) is 18.1 Å². The van der Waals surface area contributed by atoms with Crippen LogP contribution in [0.4, 0.5) is 4.39 Å². The number of hydrogen-bond acceptors (Lipinski definition) is 8. The Morgan fingerprint density at radius 1 is 1.34 bits per heavy atom. The van der Waals surface area contributed by atoms with Crippen LogP contribution in [-0.2, 0) is 20.4 Å². The Bertz CT molecular complexity index is 1040. The van der Waals surface area contributed by atoms with Crippen molar-refractivity contribution in [2.24, 2.45) is 0 Å². The normalized spacial score (nSPS) is 24.2. The average Bonchev–Trinajstić information content (AvgIpc) is 3.15. The van der Waals surface area contributed by atoms with Crippen molar-refractivity contribution < 1.29 is 32.9 Å². The molecule has 0 spiro atoms. The molecular weight excluding hydrogens is 410 g/mol. The molecule has 0 saturated carbocycles. The van der Waals surface area contributed by atoms with Crippen molar-refractivity contribution in [2.75, 3.05) is 0 Å². The van der Waals surface area contributed by atoms with E-state index in [1.54, 1.807) is 6.07 Å². The molecule has 3 heterocycles. The number of benzene rings is 1. The van der Waals surface area contributed by atoms with E-state index in [0.717, 1.165) is 15.7 Å². The van der Waals surface area contributed by atoms with Gasteiger partial charge in [-0.2, -0.15) is 4.39 Å². The topological polar surface area (TPSA) is 132 Å². The SMILES string of the molecule is Cc1ccc2c(c1)COP(OC(O)(O)C1CCC(n3cc(F)c(=O)[nH]c3=O)O1)O2. The van der Waals surface area contributed by atoms with E-state index < -0.39 is 44.0 Å². The van der Waals surface area contributed by atoms with Crippen molar-refractivity contribution in [3.63, 3.8) is 0 Å². The maximum atomic E-state index is 13.5. The molecule has 3 atom stereocenters. The predicted octanol–water partition coefficient (Wildman–Crippen LogP) is 1.15. The summed E-state index contributed by atoms with van der Waals surface area (Å²) in [5.74, 6) is -3.41. The predicted molar refractivity (Wildman–Crippen MR) is 96.2 cm³/mol. The Balaban J connectivity index is 1.44. The van der Waals surface area contributed by atoms with E-state index >= 15 is 0 Å². The summed E-state index contributed by atoms with van der Waals surface area (Å²) < 4.78 is 35.9. The van der Waals surface area contributed by atoms with Gasteiger partial charge in [0.15, 0.2) is 0 Å². The van der Waals surface area contributed by atoms with E-state index in [9.17, 15) is 24.2 Å². The van der Waals surface area contributed by atoms with Gasteiger partial charge in [-0.25, -0.2) is 9.32 Å². The number of nitrogens with one attached hydrogen (secondary N) is 1. The second-order valence-electron chi connectivity index (χ2n) is 6.75. The first-order chi connectivity index (χ1) is 13.7. The zero-order valence-corrected chi connectivity index (χ0v) is 16.1. The Morgan fingerprint density at radius 2 is 2.14 bits per heavy atom. The summed E-state index contributed by atoms with van der Waals surface area (Å²) in [7, 11) is -2.11. The number of fused-ring (bicyclic) bond motifs is 1. The molecule has 2 aliphatic heterocycles. The van der Waals surface area contributed by atoms with Crippen LogP contribution in [0, 0.1) is 12.7 Å². The molecule has 3 N–H and O–H groups in total. The lowest BCUT2D eigenvalue weighted by Gasteiger charge is -2.32. The molecule has 4 rings (SSSR count). The summed E-state index contributed by atoms with van der Waals surface area (Å²) in [6, 6.07) is 5.47. The zero-order chi connectivity index (χ0) is 20.8. The van der Waals surface area contributed by atoms with Crippen LogP contribution in [0.25, 0.3) is 0 Å².